The van der Waals surface area contributed by atoms with Crippen molar-refractivity contribution in [2.24, 2.45) is 0 Å². The third kappa shape index (κ3) is 1.99. The monoisotopic (exact) mass is 298 g/mol. The molecule has 4 nitrogen and oxygen atoms in total. The molecule has 2 fully saturated rings. The smallest absolute Gasteiger partial charge is 0.250 e. The van der Waals surface area contributed by atoms with Crippen molar-refractivity contribution in [3.8, 4) is 0 Å². The van der Waals surface area contributed by atoms with Gasteiger partial charge in [-0.2, -0.15) is 0 Å². The summed E-state index contributed by atoms with van der Waals surface area (Å²) >= 11 is 0. The average molecular weight is 298 g/mol. The van der Waals surface area contributed by atoms with Gasteiger partial charge in [-0.3, -0.25) is 14.5 Å². The molecule has 2 amide bonds. The highest BCUT2D eigenvalue weighted by atomic mass is 19.1. The fourth-order valence-corrected chi connectivity index (χ4v) is 3.06. The molecule has 2 saturated heterocycles. The zero-order chi connectivity index (χ0) is 15.3. The number of benzene rings is 1. The number of hydrogen-bond donors (Lipinski definition) is 0. The summed E-state index contributed by atoms with van der Waals surface area (Å²) in [5.41, 5.74) is -0.659. The Balaban J connectivity index is 2.09. The van der Waals surface area contributed by atoms with E-state index in [9.17, 15) is 22.8 Å². The molecule has 0 aliphatic carbocycles. The van der Waals surface area contributed by atoms with Crippen LogP contribution in [0.2, 0.25) is 0 Å². The van der Waals surface area contributed by atoms with Crippen LogP contribution in [0.15, 0.2) is 12.1 Å². The number of halogens is 3. The van der Waals surface area contributed by atoms with Crippen LogP contribution in [-0.2, 0) is 9.59 Å². The largest absolute Gasteiger partial charge is 0.329 e. The molecule has 112 valence electrons. The van der Waals surface area contributed by atoms with E-state index in [0.717, 1.165) is 4.90 Å². The Morgan fingerprint density at radius 3 is 2.33 bits per heavy atom. The Bertz CT molecular complexity index is 612. The van der Waals surface area contributed by atoms with Crippen LogP contribution in [0.5, 0.6) is 0 Å². The van der Waals surface area contributed by atoms with Crippen molar-refractivity contribution >= 4 is 17.5 Å². The number of carbonyl (C=O) groups excluding carboxylic acids is 2. The molecule has 0 spiro atoms. The van der Waals surface area contributed by atoms with Crippen LogP contribution in [0.3, 0.4) is 0 Å². The summed E-state index contributed by atoms with van der Waals surface area (Å²) in [5.74, 6) is -4.32. The summed E-state index contributed by atoms with van der Waals surface area (Å²) in [4.78, 5) is 27.0. The Kier molecular flexibility index (Phi) is 3.15. The van der Waals surface area contributed by atoms with Gasteiger partial charge in [-0.25, -0.2) is 13.2 Å². The third-order valence-electron chi connectivity index (χ3n) is 4.03. The fraction of sp³-hybridized carbons (Fsp3) is 0.429. The Labute approximate surface area is 119 Å². The highest BCUT2D eigenvalue weighted by Gasteiger charge is 2.47. The number of rotatable bonds is 1. The summed E-state index contributed by atoms with van der Waals surface area (Å²) in [6, 6.07) is -0.688. The highest BCUT2D eigenvalue weighted by Crippen LogP contribution is 2.33. The predicted molar refractivity (Wildman–Crippen MR) is 68.0 cm³/mol. The Morgan fingerprint density at radius 2 is 1.71 bits per heavy atom. The van der Waals surface area contributed by atoms with Crippen LogP contribution in [-0.4, -0.2) is 35.3 Å². The van der Waals surface area contributed by atoms with Crippen LogP contribution in [0.1, 0.15) is 19.8 Å². The number of amides is 2. The molecular formula is C14H13F3N2O2. The summed E-state index contributed by atoms with van der Waals surface area (Å²) in [5, 5.41) is 0. The minimum absolute atomic E-state index is 0.347. The van der Waals surface area contributed by atoms with E-state index in [0.29, 0.717) is 31.5 Å². The van der Waals surface area contributed by atoms with Gasteiger partial charge in [0.1, 0.15) is 23.6 Å². The fourth-order valence-electron chi connectivity index (χ4n) is 3.06. The first kappa shape index (κ1) is 13.9. The number of fused-ring (bicyclic) bond motifs is 1. The minimum atomic E-state index is -1.19. The van der Waals surface area contributed by atoms with Gasteiger partial charge >= 0.3 is 0 Å². The van der Waals surface area contributed by atoms with Crippen LogP contribution < -0.4 is 4.90 Å². The number of hydrogen-bond acceptors (Lipinski definition) is 2. The van der Waals surface area contributed by atoms with Gasteiger partial charge in [-0.1, -0.05) is 0 Å². The van der Waals surface area contributed by atoms with Gasteiger partial charge in [0.25, 0.3) is 5.91 Å². The molecule has 1 aromatic rings. The average Bonchev–Trinajstić information content (AvgIpc) is 2.88. The normalized spacial score (nSPS) is 25.5. The minimum Gasteiger partial charge on any atom is -0.329 e. The number of carbonyl (C=O) groups is 2. The first-order valence-corrected chi connectivity index (χ1v) is 6.70. The topological polar surface area (TPSA) is 40.6 Å². The van der Waals surface area contributed by atoms with Crippen LogP contribution >= 0.6 is 0 Å². The second-order valence-corrected chi connectivity index (χ2v) is 5.29. The first-order valence-electron chi connectivity index (χ1n) is 6.70. The Hall–Kier alpha value is -2.05. The van der Waals surface area contributed by atoms with E-state index in [2.05, 4.69) is 0 Å². The number of anilines is 1. The molecule has 3 rings (SSSR count). The Morgan fingerprint density at radius 1 is 1.10 bits per heavy atom. The predicted octanol–water partition coefficient (Wildman–Crippen LogP) is 1.83. The molecule has 1 aromatic carbocycles. The van der Waals surface area contributed by atoms with E-state index in [1.54, 1.807) is 0 Å². The first-order chi connectivity index (χ1) is 9.91. The van der Waals surface area contributed by atoms with Crippen LogP contribution in [0.25, 0.3) is 0 Å². The molecule has 2 unspecified atom stereocenters. The van der Waals surface area contributed by atoms with Crippen molar-refractivity contribution in [1.82, 2.24) is 4.90 Å². The summed E-state index contributed by atoms with van der Waals surface area (Å²) in [6.45, 7) is 1.89. The maximum atomic E-state index is 13.9. The van der Waals surface area contributed by atoms with Crippen molar-refractivity contribution < 1.29 is 22.8 Å². The molecule has 7 heteroatoms. The lowest BCUT2D eigenvalue weighted by Crippen LogP contribution is -2.62. The van der Waals surface area contributed by atoms with E-state index in [-0.39, 0.29) is 5.91 Å². The van der Waals surface area contributed by atoms with Crippen molar-refractivity contribution in [1.29, 1.82) is 0 Å². The van der Waals surface area contributed by atoms with Gasteiger partial charge < -0.3 is 4.90 Å². The van der Waals surface area contributed by atoms with Crippen molar-refractivity contribution in [2.45, 2.75) is 31.8 Å². The maximum absolute atomic E-state index is 13.9. The van der Waals surface area contributed by atoms with E-state index < -0.39 is 41.1 Å². The van der Waals surface area contributed by atoms with E-state index >= 15 is 0 Å². The van der Waals surface area contributed by atoms with Crippen molar-refractivity contribution in [2.75, 3.05) is 11.4 Å². The molecule has 2 heterocycles. The van der Waals surface area contributed by atoms with E-state index in [1.165, 1.54) is 11.8 Å². The molecule has 0 saturated carbocycles. The molecule has 2 aliphatic rings. The highest BCUT2D eigenvalue weighted by molar-refractivity contribution is 6.08. The third-order valence-corrected chi connectivity index (χ3v) is 4.03. The van der Waals surface area contributed by atoms with E-state index in [1.807, 2.05) is 0 Å². The number of nitrogens with zero attached hydrogens (tertiary/aromatic N) is 2. The summed E-state index contributed by atoms with van der Waals surface area (Å²) in [6.07, 6.45) is 1.15. The van der Waals surface area contributed by atoms with E-state index in [4.69, 9.17) is 0 Å². The van der Waals surface area contributed by atoms with Crippen LogP contribution in [0, 0.1) is 17.5 Å². The molecule has 2 atom stereocenters. The van der Waals surface area contributed by atoms with Gasteiger partial charge in [0.2, 0.25) is 5.91 Å². The lowest BCUT2D eigenvalue weighted by molar-refractivity contribution is -0.143. The number of piperazine rings is 1. The lowest BCUT2D eigenvalue weighted by Gasteiger charge is -2.40. The SMILES string of the molecule is CC1C(=O)N2CCCC2C(=O)N1c1c(F)cc(F)cc1F. The van der Waals surface area contributed by atoms with Crippen LogP contribution in [0.4, 0.5) is 18.9 Å². The summed E-state index contributed by atoms with van der Waals surface area (Å²) in [7, 11) is 0. The van der Waals surface area contributed by atoms with Gasteiger partial charge in [-0.05, 0) is 19.8 Å². The van der Waals surface area contributed by atoms with Crippen molar-refractivity contribution in [3.05, 3.63) is 29.6 Å². The molecule has 2 aliphatic heterocycles. The van der Waals surface area contributed by atoms with Gasteiger partial charge in [0.15, 0.2) is 11.6 Å². The summed E-state index contributed by atoms with van der Waals surface area (Å²) < 4.78 is 40.8. The zero-order valence-corrected chi connectivity index (χ0v) is 11.3. The molecule has 0 N–H and O–H groups in total. The standard InChI is InChI=1S/C14H13F3N2O2/c1-7-13(20)18-4-2-3-11(18)14(21)19(7)12-9(16)5-8(15)6-10(12)17/h5-7,11H,2-4H2,1H3. The molecule has 0 aromatic heterocycles. The quantitative estimate of drug-likeness (QED) is 0.793. The van der Waals surface area contributed by atoms with Gasteiger partial charge in [0.05, 0.1) is 0 Å². The van der Waals surface area contributed by atoms with Gasteiger partial charge in [-0.15, -0.1) is 0 Å². The molecule has 0 bridgehead atoms. The second-order valence-electron chi connectivity index (χ2n) is 5.29. The van der Waals surface area contributed by atoms with Gasteiger partial charge in [0, 0.05) is 18.7 Å². The molecule has 0 radical (unpaired) electrons. The molecular weight excluding hydrogens is 285 g/mol. The van der Waals surface area contributed by atoms with Crippen molar-refractivity contribution in [3.63, 3.8) is 0 Å². The second kappa shape index (κ2) is 4.75. The molecule has 21 heavy (non-hydrogen) atoms. The maximum Gasteiger partial charge on any atom is 0.250 e. The zero-order valence-electron chi connectivity index (χ0n) is 11.3. The lowest BCUT2D eigenvalue weighted by atomic mass is 10.0.